The molecule has 2 aromatic heterocycles. The van der Waals surface area contributed by atoms with Crippen LogP contribution in [0.15, 0.2) is 24.8 Å². The molecule has 2 aromatic rings. The number of nitrogens with one attached hydrogen (secondary N) is 1. The summed E-state index contributed by atoms with van der Waals surface area (Å²) in [6.45, 7) is 5.77. The maximum Gasteiger partial charge on any atom is 0.224 e. The molecule has 4 heterocycles. The van der Waals surface area contributed by atoms with Crippen LogP contribution in [0.5, 0.6) is 0 Å². The zero-order chi connectivity index (χ0) is 20.3. The van der Waals surface area contributed by atoms with Crippen molar-refractivity contribution in [1.82, 2.24) is 29.5 Å². The second-order valence-electron chi connectivity index (χ2n) is 8.47. The highest BCUT2D eigenvalue weighted by Gasteiger charge is 2.41. The molecule has 2 saturated heterocycles. The van der Waals surface area contributed by atoms with Crippen LogP contribution < -0.4 is 0 Å². The van der Waals surface area contributed by atoms with Gasteiger partial charge in [0.1, 0.15) is 0 Å². The first-order valence-corrected chi connectivity index (χ1v) is 10.6. The second kappa shape index (κ2) is 8.39. The topological polar surface area (TPSA) is 87.1 Å². The molecule has 1 spiro atoms. The standard InChI is InChI=1S/C21H30N6O2/c1-17-3-9-24-27(17)11-5-20(29)25-12-7-21(8-13-25)6-2-19(28)26(15-21)10-4-18-14-22-16-23-18/h3,9,14,16H,2,4-8,10-13,15H2,1H3,(H,22,23). The number of carbonyl (C=O) groups excluding carboxylic acids is 2. The summed E-state index contributed by atoms with van der Waals surface area (Å²) in [7, 11) is 0. The smallest absolute Gasteiger partial charge is 0.224 e. The van der Waals surface area contributed by atoms with E-state index in [-0.39, 0.29) is 17.2 Å². The third kappa shape index (κ3) is 4.52. The van der Waals surface area contributed by atoms with Crippen LogP contribution in [0.3, 0.4) is 0 Å². The molecular weight excluding hydrogens is 368 g/mol. The number of carbonyl (C=O) groups is 2. The van der Waals surface area contributed by atoms with Gasteiger partial charge >= 0.3 is 0 Å². The summed E-state index contributed by atoms with van der Waals surface area (Å²) < 4.78 is 1.88. The number of aryl methyl sites for hydroxylation is 2. The highest BCUT2D eigenvalue weighted by Crippen LogP contribution is 2.40. The van der Waals surface area contributed by atoms with E-state index < -0.39 is 0 Å². The van der Waals surface area contributed by atoms with Gasteiger partial charge in [0, 0.05) is 75.8 Å². The van der Waals surface area contributed by atoms with E-state index in [1.54, 1.807) is 12.5 Å². The summed E-state index contributed by atoms with van der Waals surface area (Å²) in [4.78, 5) is 36.2. The van der Waals surface area contributed by atoms with Gasteiger partial charge in [0.25, 0.3) is 0 Å². The minimum absolute atomic E-state index is 0.164. The Bertz CT molecular complexity index is 835. The molecule has 0 aliphatic carbocycles. The van der Waals surface area contributed by atoms with Gasteiger partial charge in [-0.15, -0.1) is 0 Å². The zero-order valence-electron chi connectivity index (χ0n) is 17.1. The lowest BCUT2D eigenvalue weighted by Crippen LogP contribution is -2.52. The molecule has 156 valence electrons. The number of likely N-dealkylation sites (tertiary alicyclic amines) is 2. The molecule has 8 heteroatoms. The average Bonchev–Trinajstić information content (AvgIpc) is 3.39. The number of piperidine rings is 2. The van der Waals surface area contributed by atoms with Gasteiger partial charge in [-0.05, 0) is 37.7 Å². The van der Waals surface area contributed by atoms with E-state index in [1.807, 2.05) is 33.7 Å². The molecule has 0 saturated carbocycles. The predicted molar refractivity (Wildman–Crippen MR) is 108 cm³/mol. The minimum Gasteiger partial charge on any atom is -0.348 e. The van der Waals surface area contributed by atoms with Crippen LogP contribution >= 0.6 is 0 Å². The lowest BCUT2D eigenvalue weighted by atomic mass is 9.72. The molecule has 0 bridgehead atoms. The van der Waals surface area contributed by atoms with E-state index in [0.29, 0.717) is 19.4 Å². The van der Waals surface area contributed by atoms with Gasteiger partial charge in [-0.1, -0.05) is 0 Å². The lowest BCUT2D eigenvalue weighted by Gasteiger charge is -2.47. The summed E-state index contributed by atoms with van der Waals surface area (Å²) in [5.74, 6) is 0.459. The molecule has 2 aliphatic heterocycles. The molecule has 8 nitrogen and oxygen atoms in total. The number of amides is 2. The van der Waals surface area contributed by atoms with Gasteiger partial charge in [0.05, 0.1) is 6.33 Å². The fraction of sp³-hybridized carbons (Fsp3) is 0.619. The van der Waals surface area contributed by atoms with Crippen molar-refractivity contribution in [2.75, 3.05) is 26.2 Å². The van der Waals surface area contributed by atoms with Crippen LogP contribution in [-0.2, 0) is 22.6 Å². The van der Waals surface area contributed by atoms with Gasteiger partial charge in [-0.25, -0.2) is 4.98 Å². The third-order valence-electron chi connectivity index (χ3n) is 6.60. The minimum atomic E-state index is 0.164. The molecule has 0 aromatic carbocycles. The summed E-state index contributed by atoms with van der Waals surface area (Å²) in [5, 5.41) is 4.25. The maximum atomic E-state index is 12.6. The number of H-pyrrole nitrogens is 1. The van der Waals surface area contributed by atoms with Crippen molar-refractivity contribution >= 4 is 11.8 Å². The quantitative estimate of drug-likeness (QED) is 0.804. The Morgan fingerprint density at radius 1 is 1.24 bits per heavy atom. The Morgan fingerprint density at radius 2 is 2.07 bits per heavy atom. The summed E-state index contributed by atoms with van der Waals surface area (Å²) in [6, 6.07) is 1.96. The van der Waals surface area contributed by atoms with E-state index in [1.165, 1.54) is 0 Å². The number of nitrogens with zero attached hydrogens (tertiary/aromatic N) is 5. The van der Waals surface area contributed by atoms with E-state index in [0.717, 1.165) is 63.3 Å². The molecule has 0 radical (unpaired) electrons. The van der Waals surface area contributed by atoms with Crippen LogP contribution in [0.2, 0.25) is 0 Å². The Kier molecular flexibility index (Phi) is 5.69. The van der Waals surface area contributed by atoms with Gasteiger partial charge in [0.15, 0.2) is 0 Å². The number of imidazole rings is 1. The van der Waals surface area contributed by atoms with Crippen LogP contribution in [0, 0.1) is 12.3 Å². The Balaban J connectivity index is 1.27. The van der Waals surface area contributed by atoms with Crippen LogP contribution in [0.4, 0.5) is 0 Å². The third-order valence-corrected chi connectivity index (χ3v) is 6.60. The van der Waals surface area contributed by atoms with Crippen molar-refractivity contribution < 1.29 is 9.59 Å². The molecular formula is C21H30N6O2. The normalized spacial score (nSPS) is 19.1. The van der Waals surface area contributed by atoms with E-state index in [9.17, 15) is 9.59 Å². The summed E-state index contributed by atoms with van der Waals surface area (Å²) in [6.07, 6.45) is 10.1. The van der Waals surface area contributed by atoms with Gasteiger partial charge in [-0.2, -0.15) is 5.10 Å². The Morgan fingerprint density at radius 3 is 2.76 bits per heavy atom. The molecule has 2 fully saturated rings. The van der Waals surface area contributed by atoms with Gasteiger partial charge in [-0.3, -0.25) is 14.3 Å². The van der Waals surface area contributed by atoms with Crippen LogP contribution in [0.1, 0.15) is 43.5 Å². The number of hydrogen-bond donors (Lipinski definition) is 1. The lowest BCUT2D eigenvalue weighted by molar-refractivity contribution is -0.142. The fourth-order valence-electron chi connectivity index (χ4n) is 4.61. The summed E-state index contributed by atoms with van der Waals surface area (Å²) >= 11 is 0. The molecule has 0 atom stereocenters. The predicted octanol–water partition coefficient (Wildman–Crippen LogP) is 1.78. The largest absolute Gasteiger partial charge is 0.348 e. The number of hydrogen-bond acceptors (Lipinski definition) is 4. The fourth-order valence-corrected chi connectivity index (χ4v) is 4.61. The number of rotatable bonds is 6. The summed E-state index contributed by atoms with van der Waals surface area (Å²) in [5.41, 5.74) is 2.31. The van der Waals surface area contributed by atoms with Crippen molar-refractivity contribution in [3.63, 3.8) is 0 Å². The van der Waals surface area contributed by atoms with E-state index >= 15 is 0 Å². The van der Waals surface area contributed by atoms with Crippen molar-refractivity contribution in [2.45, 2.75) is 52.0 Å². The van der Waals surface area contributed by atoms with E-state index in [2.05, 4.69) is 15.1 Å². The van der Waals surface area contributed by atoms with E-state index in [4.69, 9.17) is 0 Å². The van der Waals surface area contributed by atoms with Gasteiger partial charge < -0.3 is 14.8 Å². The Hall–Kier alpha value is -2.64. The van der Waals surface area contributed by atoms with Crippen molar-refractivity contribution in [1.29, 1.82) is 0 Å². The van der Waals surface area contributed by atoms with Crippen molar-refractivity contribution in [3.05, 3.63) is 36.2 Å². The molecule has 2 amide bonds. The molecule has 1 N–H and O–H groups in total. The number of aromatic amines is 1. The highest BCUT2D eigenvalue weighted by atomic mass is 16.2. The first-order valence-electron chi connectivity index (χ1n) is 10.6. The molecule has 0 unspecified atom stereocenters. The van der Waals surface area contributed by atoms with Crippen LogP contribution in [-0.4, -0.2) is 67.5 Å². The second-order valence-corrected chi connectivity index (χ2v) is 8.47. The highest BCUT2D eigenvalue weighted by molar-refractivity contribution is 5.77. The average molecular weight is 399 g/mol. The first-order chi connectivity index (χ1) is 14.0. The molecule has 4 rings (SSSR count). The first kappa shape index (κ1) is 19.7. The Labute approximate surface area is 171 Å². The SMILES string of the molecule is Cc1ccnn1CCC(=O)N1CCC2(CCC(=O)N(CCc3cnc[nH]3)C2)CC1. The molecule has 29 heavy (non-hydrogen) atoms. The van der Waals surface area contributed by atoms with Gasteiger partial charge in [0.2, 0.25) is 11.8 Å². The van der Waals surface area contributed by atoms with Crippen molar-refractivity contribution in [3.8, 4) is 0 Å². The maximum absolute atomic E-state index is 12.6. The monoisotopic (exact) mass is 398 g/mol. The van der Waals surface area contributed by atoms with Crippen LogP contribution in [0.25, 0.3) is 0 Å². The zero-order valence-corrected chi connectivity index (χ0v) is 17.1. The number of aromatic nitrogens is 4. The molecule has 2 aliphatic rings. The van der Waals surface area contributed by atoms with Crippen molar-refractivity contribution in [2.24, 2.45) is 5.41 Å².